The molecule has 0 N–H and O–H groups in total. The maximum atomic E-state index is 8.54. The standard InChI is InChI=1S/C10H14N4S4.Zn/c11-3-1-5-13(9(15)16)7-8-14(10(17)18)6-2-4-12;/h1-2,5-8H2,(H,15,16)(H,17,18);/q;+2/p-2. The molecule has 0 amide bonds. The Morgan fingerprint density at radius 3 is 1.37 bits per heavy atom. The van der Waals surface area contributed by atoms with Crippen LogP contribution in [0.3, 0.4) is 0 Å². The maximum absolute atomic E-state index is 8.54. The van der Waals surface area contributed by atoms with Crippen LogP contribution in [0.4, 0.5) is 0 Å². The first-order valence-corrected chi connectivity index (χ1v) is 6.82. The molecule has 0 atom stereocenters. The Labute approximate surface area is 148 Å². The van der Waals surface area contributed by atoms with E-state index in [-0.39, 0.29) is 19.5 Å². The third-order valence-corrected chi connectivity index (χ3v) is 3.18. The number of rotatable bonds is 7. The van der Waals surface area contributed by atoms with Gasteiger partial charge in [0.05, 0.1) is 25.0 Å². The van der Waals surface area contributed by atoms with Gasteiger partial charge in [0.1, 0.15) is 0 Å². The van der Waals surface area contributed by atoms with Crippen LogP contribution < -0.4 is 0 Å². The molecule has 19 heavy (non-hydrogen) atoms. The Balaban J connectivity index is 0. The quantitative estimate of drug-likeness (QED) is 0.369. The molecule has 0 radical (unpaired) electrons. The Kier molecular flexibility index (Phi) is 14.3. The molecular formula is C10H12N4S4Zn. The minimum atomic E-state index is 0. The predicted octanol–water partition coefficient (Wildman–Crippen LogP) is 1.08. The van der Waals surface area contributed by atoms with E-state index in [0.29, 0.717) is 47.7 Å². The molecule has 0 aliphatic rings. The molecule has 0 fully saturated rings. The number of hydrogen-bond acceptors (Lipinski definition) is 6. The monoisotopic (exact) mass is 380 g/mol. The summed E-state index contributed by atoms with van der Waals surface area (Å²) < 4.78 is 0.668. The van der Waals surface area contributed by atoms with Crippen LogP contribution in [0.25, 0.3) is 0 Å². The molecule has 0 aromatic heterocycles. The molecule has 0 aromatic rings. The second-order valence-corrected chi connectivity index (χ2v) is 5.39. The second-order valence-electron chi connectivity index (χ2n) is 3.32. The van der Waals surface area contributed by atoms with Crippen LogP contribution in [0.15, 0.2) is 0 Å². The molecule has 4 nitrogen and oxygen atoms in total. The normalized spacial score (nSPS) is 8.53. The zero-order chi connectivity index (χ0) is 14.0. The van der Waals surface area contributed by atoms with Crippen molar-refractivity contribution >= 4 is 58.3 Å². The van der Waals surface area contributed by atoms with Gasteiger partial charge in [-0.2, -0.15) is 10.5 Å². The Morgan fingerprint density at radius 2 is 1.16 bits per heavy atom. The molecule has 0 heterocycles. The fourth-order valence-electron chi connectivity index (χ4n) is 1.20. The van der Waals surface area contributed by atoms with Gasteiger partial charge in [0.25, 0.3) is 0 Å². The average Bonchev–Trinajstić information content (AvgIpc) is 2.31. The molecule has 0 bridgehead atoms. The zero-order valence-corrected chi connectivity index (χ0v) is 16.6. The van der Waals surface area contributed by atoms with Crippen molar-refractivity contribution in [3.8, 4) is 12.1 Å². The number of nitrogens with zero attached hydrogens (tertiary/aromatic N) is 4. The number of hydrogen-bond donors (Lipinski definition) is 0. The fourth-order valence-corrected chi connectivity index (χ4v) is 1.93. The van der Waals surface area contributed by atoms with Crippen molar-refractivity contribution in [2.24, 2.45) is 0 Å². The van der Waals surface area contributed by atoms with Gasteiger partial charge >= 0.3 is 19.5 Å². The molecule has 98 valence electrons. The topological polar surface area (TPSA) is 54.1 Å². The van der Waals surface area contributed by atoms with E-state index >= 15 is 0 Å². The largest absolute Gasteiger partial charge is 2.00 e. The third-order valence-electron chi connectivity index (χ3n) is 2.14. The van der Waals surface area contributed by atoms with E-state index in [1.165, 1.54) is 0 Å². The smallest absolute Gasteiger partial charge is 0.411 e. The van der Waals surface area contributed by atoms with Gasteiger partial charge in [0, 0.05) is 26.2 Å². The summed E-state index contributed by atoms with van der Waals surface area (Å²) in [5.74, 6) is 0. The van der Waals surface area contributed by atoms with Crippen molar-refractivity contribution in [1.82, 2.24) is 9.80 Å². The first kappa shape index (κ1) is 21.1. The van der Waals surface area contributed by atoms with E-state index in [1.807, 2.05) is 12.1 Å². The summed E-state index contributed by atoms with van der Waals surface area (Å²) in [4.78, 5) is 3.53. The minimum absolute atomic E-state index is 0. The van der Waals surface area contributed by atoms with E-state index < -0.39 is 0 Å². The summed E-state index contributed by atoms with van der Waals surface area (Å²) in [5, 5.41) is 17.1. The van der Waals surface area contributed by atoms with Crippen LogP contribution in [-0.4, -0.2) is 44.6 Å². The van der Waals surface area contributed by atoms with Crippen LogP contribution in [0.2, 0.25) is 0 Å². The summed E-state index contributed by atoms with van der Waals surface area (Å²) in [6, 6.07) is 4.09. The summed E-state index contributed by atoms with van der Waals surface area (Å²) in [6.45, 7) is 2.14. The van der Waals surface area contributed by atoms with Crippen LogP contribution in [0, 0.1) is 22.7 Å². The molecule has 0 aromatic carbocycles. The van der Waals surface area contributed by atoms with Crippen LogP contribution >= 0.6 is 24.4 Å². The van der Waals surface area contributed by atoms with E-state index in [2.05, 4.69) is 0 Å². The van der Waals surface area contributed by atoms with E-state index in [0.717, 1.165) is 0 Å². The van der Waals surface area contributed by atoms with E-state index in [9.17, 15) is 0 Å². The first-order valence-electron chi connectivity index (χ1n) is 5.18. The van der Waals surface area contributed by atoms with Gasteiger partial charge in [-0.15, -0.1) is 0 Å². The van der Waals surface area contributed by atoms with Crippen molar-refractivity contribution in [3.63, 3.8) is 0 Å². The van der Waals surface area contributed by atoms with Crippen LogP contribution in [0.5, 0.6) is 0 Å². The molecule has 0 saturated carbocycles. The second kappa shape index (κ2) is 12.8. The van der Waals surface area contributed by atoms with Gasteiger partial charge in [-0.3, -0.25) is 0 Å². The van der Waals surface area contributed by atoms with Gasteiger partial charge in [-0.1, -0.05) is 8.64 Å². The Hall–Kier alpha value is -0.177. The van der Waals surface area contributed by atoms with Gasteiger partial charge < -0.3 is 59.5 Å². The minimum Gasteiger partial charge on any atom is -0.411 e. The first-order chi connectivity index (χ1) is 8.52. The summed E-state index contributed by atoms with van der Waals surface area (Å²) in [7, 11) is 0. The molecule has 0 unspecified atom stereocenters. The number of nitriles is 2. The van der Waals surface area contributed by atoms with Crippen molar-refractivity contribution in [1.29, 1.82) is 10.5 Å². The predicted molar refractivity (Wildman–Crippen MR) is 83.5 cm³/mol. The van der Waals surface area contributed by atoms with Crippen molar-refractivity contribution in [2.45, 2.75) is 12.8 Å². The molecule has 9 heteroatoms. The summed E-state index contributed by atoms with van der Waals surface area (Å²) >= 11 is 19.7. The molecule has 0 spiro atoms. The molecular weight excluding hydrogens is 370 g/mol. The summed E-state index contributed by atoms with van der Waals surface area (Å²) in [5.41, 5.74) is 0. The molecule has 0 aliphatic heterocycles. The van der Waals surface area contributed by atoms with Crippen LogP contribution in [-0.2, 0) is 44.7 Å². The molecule has 0 rings (SSSR count). The van der Waals surface area contributed by atoms with Crippen molar-refractivity contribution < 1.29 is 19.5 Å². The molecule has 0 saturated heterocycles. The van der Waals surface area contributed by atoms with Gasteiger partial charge in [0.2, 0.25) is 0 Å². The molecule has 0 aliphatic carbocycles. The average molecular weight is 382 g/mol. The fraction of sp³-hybridized carbons (Fsp3) is 0.600. The SMILES string of the molecule is N#CCCN(CCN(CCC#N)C(=S)[S-])C(=S)[S-].[Zn+2]. The Morgan fingerprint density at radius 1 is 0.842 bits per heavy atom. The summed E-state index contributed by atoms with van der Waals surface area (Å²) in [6.07, 6.45) is 0.737. The van der Waals surface area contributed by atoms with Gasteiger partial charge in [0.15, 0.2) is 0 Å². The van der Waals surface area contributed by atoms with Gasteiger partial charge in [-0.05, 0) is 0 Å². The van der Waals surface area contributed by atoms with Crippen molar-refractivity contribution in [2.75, 3.05) is 26.2 Å². The van der Waals surface area contributed by atoms with E-state index in [4.69, 9.17) is 60.2 Å². The maximum Gasteiger partial charge on any atom is 2.00 e. The third kappa shape index (κ3) is 10.3. The Bertz CT molecular complexity index is 341. The van der Waals surface area contributed by atoms with Gasteiger partial charge in [-0.25, -0.2) is 0 Å². The van der Waals surface area contributed by atoms with Crippen molar-refractivity contribution in [3.05, 3.63) is 0 Å². The van der Waals surface area contributed by atoms with Crippen LogP contribution in [0.1, 0.15) is 12.8 Å². The number of thiocarbonyl (C=S) groups is 2. The zero-order valence-electron chi connectivity index (χ0n) is 10.4. The van der Waals surface area contributed by atoms with E-state index in [1.54, 1.807) is 9.80 Å².